The second kappa shape index (κ2) is 8.74. The summed E-state index contributed by atoms with van der Waals surface area (Å²) in [5.74, 6) is -1.33. The van der Waals surface area contributed by atoms with Crippen molar-refractivity contribution < 1.29 is 18.5 Å². The standard InChI is InChI=1S/C26H30F2N4O2/c1-7-33-30-14-26(5,6)34-32-20-12-25(3,4)31-19-11-18(27)21(23(28)22(19)20)17-10-8-9-16-15(2)13-29-24(16)17/h8-11,13-14,29,31H,7,12H2,1-6H3/b30-14+,32-20+. The fourth-order valence-electron chi connectivity index (χ4n) is 4.18. The quantitative estimate of drug-likeness (QED) is 0.319. The van der Waals surface area contributed by atoms with Crippen LogP contribution in [0.2, 0.25) is 0 Å². The van der Waals surface area contributed by atoms with E-state index in [9.17, 15) is 0 Å². The number of aromatic amines is 1. The van der Waals surface area contributed by atoms with E-state index >= 15 is 8.78 Å². The van der Waals surface area contributed by atoms with Gasteiger partial charge in [0.05, 0.1) is 28.6 Å². The molecule has 180 valence electrons. The number of aryl methyl sites for hydroxylation is 1. The number of fused-ring (bicyclic) bond motifs is 2. The molecule has 1 aliphatic rings. The summed E-state index contributed by atoms with van der Waals surface area (Å²) in [7, 11) is 0. The second-order valence-corrected chi connectivity index (χ2v) is 9.74. The molecule has 0 saturated heterocycles. The number of rotatable bonds is 6. The van der Waals surface area contributed by atoms with Gasteiger partial charge in [-0.25, -0.2) is 8.78 Å². The third-order valence-corrected chi connectivity index (χ3v) is 5.74. The molecule has 0 atom stereocenters. The first-order valence-corrected chi connectivity index (χ1v) is 11.3. The van der Waals surface area contributed by atoms with E-state index in [0.29, 0.717) is 35.5 Å². The summed E-state index contributed by atoms with van der Waals surface area (Å²) in [6.07, 6.45) is 3.71. The Bertz CT molecular complexity index is 1290. The van der Waals surface area contributed by atoms with Crippen LogP contribution < -0.4 is 5.32 Å². The van der Waals surface area contributed by atoms with Gasteiger partial charge < -0.3 is 20.0 Å². The summed E-state index contributed by atoms with van der Waals surface area (Å²) in [6, 6.07) is 6.78. The molecule has 0 saturated carbocycles. The molecule has 0 unspecified atom stereocenters. The lowest BCUT2D eigenvalue weighted by Crippen LogP contribution is -2.39. The Balaban J connectivity index is 1.85. The first kappa shape index (κ1) is 23.7. The molecule has 2 aromatic carbocycles. The normalized spacial score (nSPS) is 16.6. The fraction of sp³-hybridized carbons (Fsp3) is 0.385. The third kappa shape index (κ3) is 4.49. The molecule has 1 aromatic heterocycles. The van der Waals surface area contributed by atoms with Crippen LogP contribution in [-0.2, 0) is 9.68 Å². The van der Waals surface area contributed by atoms with E-state index < -0.39 is 22.8 Å². The lowest BCUT2D eigenvalue weighted by Gasteiger charge is -2.35. The van der Waals surface area contributed by atoms with Gasteiger partial charge in [0.15, 0.2) is 5.60 Å². The van der Waals surface area contributed by atoms with E-state index in [2.05, 4.69) is 20.6 Å². The van der Waals surface area contributed by atoms with Crippen molar-refractivity contribution in [3.8, 4) is 11.1 Å². The lowest BCUT2D eigenvalue weighted by molar-refractivity contribution is 0.0388. The van der Waals surface area contributed by atoms with E-state index in [1.807, 2.05) is 40.0 Å². The molecule has 2 heterocycles. The van der Waals surface area contributed by atoms with Gasteiger partial charge in [0.1, 0.15) is 18.2 Å². The predicted octanol–water partition coefficient (Wildman–Crippen LogP) is 6.54. The Morgan fingerprint density at radius 1 is 1.21 bits per heavy atom. The average Bonchev–Trinajstić information content (AvgIpc) is 3.13. The Morgan fingerprint density at radius 2 is 1.97 bits per heavy atom. The number of nitrogens with zero attached hydrogens (tertiary/aromatic N) is 2. The van der Waals surface area contributed by atoms with Gasteiger partial charge in [0.25, 0.3) is 0 Å². The van der Waals surface area contributed by atoms with Gasteiger partial charge in [-0.05, 0) is 53.2 Å². The summed E-state index contributed by atoms with van der Waals surface area (Å²) in [5.41, 5.74) is 1.62. The lowest BCUT2D eigenvalue weighted by atomic mass is 9.85. The van der Waals surface area contributed by atoms with Crippen molar-refractivity contribution in [1.29, 1.82) is 0 Å². The van der Waals surface area contributed by atoms with E-state index in [1.54, 1.807) is 26.0 Å². The van der Waals surface area contributed by atoms with Gasteiger partial charge in [-0.2, -0.15) is 0 Å². The molecule has 0 bridgehead atoms. The van der Waals surface area contributed by atoms with Crippen LogP contribution in [0.5, 0.6) is 0 Å². The number of H-pyrrole nitrogens is 1. The van der Waals surface area contributed by atoms with E-state index in [0.717, 1.165) is 10.9 Å². The van der Waals surface area contributed by atoms with Crippen molar-refractivity contribution >= 4 is 28.5 Å². The predicted molar refractivity (Wildman–Crippen MR) is 133 cm³/mol. The Morgan fingerprint density at radius 3 is 2.71 bits per heavy atom. The topological polar surface area (TPSA) is 71.0 Å². The first-order valence-electron chi connectivity index (χ1n) is 11.3. The van der Waals surface area contributed by atoms with Crippen LogP contribution in [0.3, 0.4) is 0 Å². The number of oxime groups is 2. The van der Waals surface area contributed by atoms with Crippen LogP contribution in [0.15, 0.2) is 40.8 Å². The minimum Gasteiger partial charge on any atom is -0.396 e. The number of hydrogen-bond donors (Lipinski definition) is 2. The number of benzene rings is 2. The van der Waals surface area contributed by atoms with E-state index in [4.69, 9.17) is 9.68 Å². The highest BCUT2D eigenvalue weighted by molar-refractivity contribution is 6.09. The second-order valence-electron chi connectivity index (χ2n) is 9.74. The number of anilines is 1. The molecule has 6 nitrogen and oxygen atoms in total. The molecule has 3 aromatic rings. The number of hydrogen-bond acceptors (Lipinski definition) is 5. The van der Waals surface area contributed by atoms with Gasteiger partial charge in [-0.15, -0.1) is 0 Å². The third-order valence-electron chi connectivity index (χ3n) is 5.74. The zero-order valence-electron chi connectivity index (χ0n) is 20.3. The molecular weight excluding hydrogens is 438 g/mol. The summed E-state index contributed by atoms with van der Waals surface area (Å²) in [4.78, 5) is 13.9. The van der Waals surface area contributed by atoms with Crippen LogP contribution >= 0.6 is 0 Å². The highest BCUT2D eigenvalue weighted by Gasteiger charge is 2.35. The smallest absolute Gasteiger partial charge is 0.170 e. The monoisotopic (exact) mass is 468 g/mol. The Hall–Kier alpha value is -3.42. The molecule has 2 N–H and O–H groups in total. The number of aromatic nitrogens is 1. The van der Waals surface area contributed by atoms with Gasteiger partial charge in [0, 0.05) is 34.8 Å². The van der Waals surface area contributed by atoms with Gasteiger partial charge in [-0.3, -0.25) is 0 Å². The van der Waals surface area contributed by atoms with E-state index in [-0.39, 0.29) is 11.1 Å². The number of halogens is 2. The molecule has 0 spiro atoms. The first-order chi connectivity index (χ1) is 16.0. The molecule has 34 heavy (non-hydrogen) atoms. The summed E-state index contributed by atoms with van der Waals surface area (Å²) >= 11 is 0. The molecule has 8 heteroatoms. The molecule has 0 fully saturated rings. The molecule has 4 rings (SSSR count). The largest absolute Gasteiger partial charge is 0.396 e. The number of para-hydroxylation sites is 1. The van der Waals surface area contributed by atoms with Crippen molar-refractivity contribution in [2.45, 2.75) is 59.1 Å². The Kier molecular flexibility index (Phi) is 6.10. The average molecular weight is 469 g/mol. The zero-order valence-corrected chi connectivity index (χ0v) is 20.3. The zero-order chi connectivity index (χ0) is 24.7. The highest BCUT2D eigenvalue weighted by atomic mass is 19.1. The van der Waals surface area contributed by atoms with Gasteiger partial charge >= 0.3 is 0 Å². The number of nitrogens with one attached hydrogen (secondary N) is 2. The summed E-state index contributed by atoms with van der Waals surface area (Å²) in [5, 5.41) is 12.3. The SMILES string of the molecule is CCO/N=C/C(C)(C)O/N=C1\CC(C)(C)Nc2cc(F)c(-c3cccc4c(C)c[nH]c34)c(F)c21. The van der Waals surface area contributed by atoms with Crippen LogP contribution in [0, 0.1) is 18.6 Å². The fourth-order valence-corrected chi connectivity index (χ4v) is 4.18. The van der Waals surface area contributed by atoms with Crippen molar-refractivity contribution in [1.82, 2.24) is 4.98 Å². The van der Waals surface area contributed by atoms with Crippen LogP contribution in [0.25, 0.3) is 22.0 Å². The molecule has 0 amide bonds. The molecule has 0 aliphatic carbocycles. The minimum absolute atomic E-state index is 0.0995. The van der Waals surface area contributed by atoms with Crippen LogP contribution in [0.4, 0.5) is 14.5 Å². The maximum atomic E-state index is 16.1. The van der Waals surface area contributed by atoms with Crippen molar-refractivity contribution in [2.75, 3.05) is 11.9 Å². The van der Waals surface area contributed by atoms with Gasteiger partial charge in [0.2, 0.25) is 0 Å². The Labute approximate surface area is 198 Å². The molecular formula is C26H30F2N4O2. The summed E-state index contributed by atoms with van der Waals surface area (Å²) < 4.78 is 31.5. The minimum atomic E-state index is -0.885. The van der Waals surface area contributed by atoms with Crippen LogP contribution in [0.1, 0.15) is 52.2 Å². The maximum Gasteiger partial charge on any atom is 0.170 e. The highest BCUT2D eigenvalue weighted by Crippen LogP contribution is 2.40. The molecule has 1 aliphatic heterocycles. The van der Waals surface area contributed by atoms with Crippen molar-refractivity contribution in [2.24, 2.45) is 10.3 Å². The summed E-state index contributed by atoms with van der Waals surface area (Å²) in [6.45, 7) is 11.6. The maximum absolute atomic E-state index is 16.1. The van der Waals surface area contributed by atoms with Crippen molar-refractivity contribution in [3.63, 3.8) is 0 Å². The van der Waals surface area contributed by atoms with Gasteiger partial charge in [-0.1, -0.05) is 28.5 Å². The van der Waals surface area contributed by atoms with E-state index in [1.165, 1.54) is 12.3 Å². The van der Waals surface area contributed by atoms with Crippen molar-refractivity contribution in [3.05, 3.63) is 53.2 Å². The van der Waals surface area contributed by atoms with Crippen LogP contribution in [-0.4, -0.2) is 34.7 Å². The molecule has 0 radical (unpaired) electrons.